The summed E-state index contributed by atoms with van der Waals surface area (Å²) in [6.07, 6.45) is 0.950. The van der Waals surface area contributed by atoms with Gasteiger partial charge in [0.05, 0.1) is 0 Å². The van der Waals surface area contributed by atoms with E-state index in [0.717, 1.165) is 12.0 Å². The van der Waals surface area contributed by atoms with Crippen molar-refractivity contribution in [3.8, 4) is 11.1 Å². The number of aryl methyl sites for hydroxylation is 1. The normalized spacial score (nSPS) is 24.1. The molecule has 4 rings (SSSR count). The summed E-state index contributed by atoms with van der Waals surface area (Å²) in [7, 11) is 0. The SMILES string of the molecule is Cc1ccc(C(=O)N2C[C@H]3C[C@H]3[C@H]2C(N)=O)c(-c2ccccc2F)c1. The van der Waals surface area contributed by atoms with Crippen LogP contribution in [-0.2, 0) is 4.79 Å². The molecule has 0 radical (unpaired) electrons. The van der Waals surface area contributed by atoms with E-state index in [1.165, 1.54) is 6.07 Å². The number of carbonyl (C=O) groups is 2. The molecule has 2 N–H and O–H groups in total. The third-order valence-corrected chi connectivity index (χ3v) is 5.27. The van der Waals surface area contributed by atoms with Crippen molar-refractivity contribution in [3.05, 3.63) is 59.4 Å². The van der Waals surface area contributed by atoms with Gasteiger partial charge in [0.1, 0.15) is 11.9 Å². The van der Waals surface area contributed by atoms with Crippen LogP contribution >= 0.6 is 0 Å². The van der Waals surface area contributed by atoms with Gasteiger partial charge in [0.15, 0.2) is 0 Å². The zero-order chi connectivity index (χ0) is 17.7. The van der Waals surface area contributed by atoms with Gasteiger partial charge in [-0.2, -0.15) is 0 Å². The van der Waals surface area contributed by atoms with Crippen molar-refractivity contribution < 1.29 is 14.0 Å². The van der Waals surface area contributed by atoms with Gasteiger partial charge in [-0.15, -0.1) is 0 Å². The Morgan fingerprint density at radius 1 is 1.16 bits per heavy atom. The summed E-state index contributed by atoms with van der Waals surface area (Å²) in [5.41, 5.74) is 7.80. The van der Waals surface area contributed by atoms with E-state index >= 15 is 0 Å². The highest BCUT2D eigenvalue weighted by molar-refractivity contribution is 6.03. The number of halogens is 1. The maximum Gasteiger partial charge on any atom is 0.255 e. The summed E-state index contributed by atoms with van der Waals surface area (Å²) >= 11 is 0. The number of rotatable bonds is 3. The lowest BCUT2D eigenvalue weighted by Gasteiger charge is -2.26. The summed E-state index contributed by atoms with van der Waals surface area (Å²) in [5, 5.41) is 0. The molecule has 1 saturated carbocycles. The van der Waals surface area contributed by atoms with E-state index in [0.29, 0.717) is 29.2 Å². The molecule has 0 unspecified atom stereocenters. The Morgan fingerprint density at radius 2 is 1.92 bits per heavy atom. The van der Waals surface area contributed by atoms with Crippen LogP contribution in [0.1, 0.15) is 22.3 Å². The molecule has 2 aliphatic rings. The average Bonchev–Trinajstić information content (AvgIpc) is 3.23. The smallest absolute Gasteiger partial charge is 0.255 e. The summed E-state index contributed by atoms with van der Waals surface area (Å²) in [6, 6.07) is 11.2. The Balaban J connectivity index is 1.77. The summed E-state index contributed by atoms with van der Waals surface area (Å²) in [5.74, 6) is -0.544. The molecule has 5 heteroatoms. The van der Waals surface area contributed by atoms with Gasteiger partial charge in [-0.1, -0.05) is 35.9 Å². The van der Waals surface area contributed by atoms with E-state index in [2.05, 4.69) is 0 Å². The number of primary amides is 1. The number of hydrogen-bond donors (Lipinski definition) is 1. The second-order valence-electron chi connectivity index (χ2n) is 6.99. The summed E-state index contributed by atoms with van der Waals surface area (Å²) in [4.78, 5) is 26.5. The van der Waals surface area contributed by atoms with Gasteiger partial charge < -0.3 is 10.6 Å². The number of fused-ring (bicyclic) bond motifs is 1. The second-order valence-corrected chi connectivity index (χ2v) is 6.99. The third kappa shape index (κ3) is 2.60. The highest BCUT2D eigenvalue weighted by atomic mass is 19.1. The number of carbonyl (C=O) groups excluding carboxylic acids is 2. The lowest BCUT2D eigenvalue weighted by Crippen LogP contribution is -2.46. The summed E-state index contributed by atoms with van der Waals surface area (Å²) in [6.45, 7) is 2.44. The molecule has 2 fully saturated rings. The first-order chi connectivity index (χ1) is 12.0. The zero-order valence-electron chi connectivity index (χ0n) is 13.9. The van der Waals surface area contributed by atoms with E-state index in [1.807, 2.05) is 19.1 Å². The number of likely N-dealkylation sites (tertiary alicyclic amines) is 1. The molecule has 1 aliphatic carbocycles. The number of nitrogens with two attached hydrogens (primary N) is 1. The molecule has 25 heavy (non-hydrogen) atoms. The van der Waals surface area contributed by atoms with Gasteiger partial charge in [-0.05, 0) is 42.9 Å². The maximum atomic E-state index is 14.3. The van der Waals surface area contributed by atoms with Crippen molar-refractivity contribution in [2.45, 2.75) is 19.4 Å². The van der Waals surface area contributed by atoms with Gasteiger partial charge in [0.2, 0.25) is 5.91 Å². The molecule has 4 nitrogen and oxygen atoms in total. The van der Waals surface area contributed by atoms with Crippen molar-refractivity contribution >= 4 is 11.8 Å². The van der Waals surface area contributed by atoms with Gasteiger partial charge in [-0.25, -0.2) is 4.39 Å². The molecule has 0 aromatic heterocycles. The average molecular weight is 338 g/mol. The molecular weight excluding hydrogens is 319 g/mol. The molecule has 0 bridgehead atoms. The van der Waals surface area contributed by atoms with Crippen molar-refractivity contribution in [2.75, 3.05) is 6.54 Å². The van der Waals surface area contributed by atoms with Crippen LogP contribution in [0.2, 0.25) is 0 Å². The highest BCUT2D eigenvalue weighted by Gasteiger charge is 2.56. The van der Waals surface area contributed by atoms with Crippen LogP contribution in [0.3, 0.4) is 0 Å². The topological polar surface area (TPSA) is 63.4 Å². The van der Waals surface area contributed by atoms with Gasteiger partial charge in [0.25, 0.3) is 5.91 Å². The summed E-state index contributed by atoms with van der Waals surface area (Å²) < 4.78 is 14.3. The molecule has 1 saturated heterocycles. The molecule has 2 aromatic rings. The van der Waals surface area contributed by atoms with Gasteiger partial charge in [-0.3, -0.25) is 9.59 Å². The van der Waals surface area contributed by atoms with Crippen LogP contribution in [0, 0.1) is 24.6 Å². The fraction of sp³-hybridized carbons (Fsp3) is 0.300. The monoisotopic (exact) mass is 338 g/mol. The first kappa shape index (κ1) is 15.8. The van der Waals surface area contributed by atoms with Crippen LogP contribution in [-0.4, -0.2) is 29.3 Å². The minimum atomic E-state index is -0.549. The van der Waals surface area contributed by atoms with Crippen LogP contribution in [0.5, 0.6) is 0 Å². The standard InChI is InChI=1S/C20H19FN2O2/c1-11-6-7-14(16(8-11)13-4-2-3-5-17(13)21)20(25)23-10-12-9-15(12)18(23)19(22)24/h2-8,12,15,18H,9-10H2,1H3,(H2,22,24)/t12-,15-,18+/m1/s1. The van der Waals surface area contributed by atoms with Crippen LogP contribution in [0.25, 0.3) is 11.1 Å². The molecular formula is C20H19FN2O2. The molecule has 128 valence electrons. The number of nitrogens with zero attached hydrogens (tertiary/aromatic N) is 1. The fourth-order valence-corrected chi connectivity index (χ4v) is 3.94. The maximum absolute atomic E-state index is 14.3. The fourth-order valence-electron chi connectivity index (χ4n) is 3.94. The lowest BCUT2D eigenvalue weighted by molar-refractivity contribution is -0.122. The third-order valence-electron chi connectivity index (χ3n) is 5.27. The minimum Gasteiger partial charge on any atom is -0.368 e. The highest BCUT2D eigenvalue weighted by Crippen LogP contribution is 2.50. The van der Waals surface area contributed by atoms with Crippen LogP contribution < -0.4 is 5.73 Å². The Morgan fingerprint density at radius 3 is 2.64 bits per heavy atom. The Bertz CT molecular complexity index is 880. The van der Waals surface area contributed by atoms with Crippen LogP contribution in [0.4, 0.5) is 4.39 Å². The quantitative estimate of drug-likeness (QED) is 0.935. The zero-order valence-corrected chi connectivity index (χ0v) is 13.9. The first-order valence-electron chi connectivity index (χ1n) is 8.43. The number of piperidine rings is 1. The Kier molecular flexibility index (Phi) is 3.60. The van der Waals surface area contributed by atoms with E-state index < -0.39 is 11.9 Å². The van der Waals surface area contributed by atoms with Crippen molar-refractivity contribution in [3.63, 3.8) is 0 Å². The van der Waals surface area contributed by atoms with E-state index in [1.54, 1.807) is 29.2 Å². The van der Waals surface area contributed by atoms with Crippen LogP contribution in [0.15, 0.2) is 42.5 Å². The molecule has 0 spiro atoms. The largest absolute Gasteiger partial charge is 0.368 e. The van der Waals surface area contributed by atoms with Crippen molar-refractivity contribution in [1.29, 1.82) is 0 Å². The molecule has 1 heterocycles. The Labute approximate surface area is 145 Å². The van der Waals surface area contributed by atoms with Crippen molar-refractivity contribution in [2.24, 2.45) is 17.6 Å². The van der Waals surface area contributed by atoms with Crippen molar-refractivity contribution in [1.82, 2.24) is 4.90 Å². The number of benzene rings is 2. The Hall–Kier alpha value is -2.69. The minimum absolute atomic E-state index is 0.184. The van der Waals surface area contributed by atoms with E-state index in [9.17, 15) is 14.0 Å². The predicted octanol–water partition coefficient (Wildman–Crippen LogP) is 2.75. The van der Waals surface area contributed by atoms with E-state index in [-0.39, 0.29) is 17.6 Å². The second kappa shape index (κ2) is 5.69. The molecule has 2 amide bonds. The predicted molar refractivity (Wildman–Crippen MR) is 92.2 cm³/mol. The molecule has 1 aliphatic heterocycles. The van der Waals surface area contributed by atoms with Gasteiger partial charge in [0, 0.05) is 17.7 Å². The number of hydrogen-bond acceptors (Lipinski definition) is 2. The lowest BCUT2D eigenvalue weighted by atomic mass is 9.96. The first-order valence-corrected chi connectivity index (χ1v) is 8.43. The number of amides is 2. The molecule has 2 aromatic carbocycles. The van der Waals surface area contributed by atoms with Gasteiger partial charge >= 0.3 is 0 Å². The van der Waals surface area contributed by atoms with E-state index in [4.69, 9.17) is 5.73 Å². The molecule has 3 atom stereocenters.